The van der Waals surface area contributed by atoms with E-state index in [0.29, 0.717) is 29.1 Å². The first-order valence-electron chi connectivity index (χ1n) is 8.09. The molecule has 5 nitrogen and oxygen atoms in total. The highest BCUT2D eigenvalue weighted by atomic mass is 16.5. The Balaban J connectivity index is 2.23. The van der Waals surface area contributed by atoms with Crippen LogP contribution in [0.2, 0.25) is 0 Å². The summed E-state index contributed by atoms with van der Waals surface area (Å²) in [6, 6.07) is 7.80. The Morgan fingerprint density at radius 3 is 2.50 bits per heavy atom. The second-order valence-electron chi connectivity index (χ2n) is 5.90. The normalized spacial score (nSPS) is 11.9. The van der Waals surface area contributed by atoms with Crippen molar-refractivity contribution < 1.29 is 14.3 Å². The molecule has 1 aromatic carbocycles. The van der Waals surface area contributed by atoms with Crippen LogP contribution in [0, 0.1) is 20.8 Å². The van der Waals surface area contributed by atoms with Crippen molar-refractivity contribution in [3.8, 4) is 0 Å². The van der Waals surface area contributed by atoms with Gasteiger partial charge < -0.3 is 15.0 Å². The molecule has 1 amide bonds. The number of ether oxygens (including phenoxy) is 1. The summed E-state index contributed by atoms with van der Waals surface area (Å²) in [4.78, 5) is 27.7. The van der Waals surface area contributed by atoms with E-state index in [2.05, 4.69) is 10.3 Å². The third kappa shape index (κ3) is 3.50. The predicted octanol–water partition coefficient (Wildman–Crippen LogP) is 3.61. The number of hydrogen-bond donors (Lipinski definition) is 2. The third-order valence-electron chi connectivity index (χ3n) is 4.15. The van der Waals surface area contributed by atoms with E-state index >= 15 is 0 Å². The SMILES string of the molecule is CCOC(=O)c1c(C)[nH]c(C(=O)NC(C)c2ccccc2C)c1C. The van der Waals surface area contributed by atoms with Gasteiger partial charge in [0.15, 0.2) is 0 Å². The molecule has 1 unspecified atom stereocenters. The van der Waals surface area contributed by atoms with E-state index in [1.54, 1.807) is 20.8 Å². The lowest BCUT2D eigenvalue weighted by atomic mass is 10.0. The monoisotopic (exact) mass is 328 g/mol. The highest BCUT2D eigenvalue weighted by Gasteiger charge is 2.23. The maximum Gasteiger partial charge on any atom is 0.340 e. The fourth-order valence-corrected chi connectivity index (χ4v) is 2.91. The second kappa shape index (κ2) is 7.34. The molecule has 0 aliphatic carbocycles. The molecule has 0 spiro atoms. The summed E-state index contributed by atoms with van der Waals surface area (Å²) >= 11 is 0. The molecular weight excluding hydrogens is 304 g/mol. The smallest absolute Gasteiger partial charge is 0.340 e. The van der Waals surface area contributed by atoms with Crippen molar-refractivity contribution in [1.82, 2.24) is 10.3 Å². The summed E-state index contributed by atoms with van der Waals surface area (Å²) in [5.41, 5.74) is 4.27. The molecule has 128 valence electrons. The number of rotatable bonds is 5. The molecule has 1 atom stereocenters. The number of H-pyrrole nitrogens is 1. The zero-order valence-corrected chi connectivity index (χ0v) is 14.8. The summed E-state index contributed by atoms with van der Waals surface area (Å²) in [5.74, 6) is -0.642. The first-order chi connectivity index (χ1) is 11.4. The maximum atomic E-state index is 12.6. The Hall–Kier alpha value is -2.56. The molecule has 0 saturated carbocycles. The van der Waals surface area contributed by atoms with Crippen molar-refractivity contribution in [3.63, 3.8) is 0 Å². The molecule has 0 fully saturated rings. The number of hydrogen-bond acceptors (Lipinski definition) is 3. The Kier molecular flexibility index (Phi) is 5.44. The first kappa shape index (κ1) is 17.8. The standard InChI is InChI=1S/C19H24N2O3/c1-6-24-19(23)16-12(3)17(20-14(16)5)18(22)21-13(4)15-10-8-7-9-11(15)2/h7-10,13,20H,6H2,1-5H3,(H,21,22). The van der Waals surface area contributed by atoms with Gasteiger partial charge in [-0.3, -0.25) is 4.79 Å². The average molecular weight is 328 g/mol. The lowest BCUT2D eigenvalue weighted by Crippen LogP contribution is -2.28. The van der Waals surface area contributed by atoms with Gasteiger partial charge in [-0.05, 0) is 51.3 Å². The number of nitrogens with one attached hydrogen (secondary N) is 2. The highest BCUT2D eigenvalue weighted by molar-refractivity contribution is 6.00. The quantitative estimate of drug-likeness (QED) is 0.824. The molecule has 0 radical (unpaired) electrons. The van der Waals surface area contributed by atoms with Crippen LogP contribution in [0.25, 0.3) is 0 Å². The number of esters is 1. The van der Waals surface area contributed by atoms with Crippen molar-refractivity contribution >= 4 is 11.9 Å². The number of carbonyl (C=O) groups excluding carboxylic acids is 2. The summed E-state index contributed by atoms with van der Waals surface area (Å²) < 4.78 is 5.06. The van der Waals surface area contributed by atoms with E-state index in [9.17, 15) is 9.59 Å². The number of benzene rings is 1. The van der Waals surface area contributed by atoms with Crippen molar-refractivity contribution in [2.45, 2.75) is 40.7 Å². The molecule has 5 heteroatoms. The third-order valence-corrected chi connectivity index (χ3v) is 4.15. The van der Waals surface area contributed by atoms with E-state index < -0.39 is 5.97 Å². The molecular formula is C19H24N2O3. The summed E-state index contributed by atoms with van der Waals surface area (Å²) in [6.07, 6.45) is 0. The lowest BCUT2D eigenvalue weighted by Gasteiger charge is -2.16. The Morgan fingerprint density at radius 2 is 1.88 bits per heavy atom. The van der Waals surface area contributed by atoms with Crippen molar-refractivity contribution in [1.29, 1.82) is 0 Å². The van der Waals surface area contributed by atoms with Crippen molar-refractivity contribution in [2.75, 3.05) is 6.61 Å². The van der Waals surface area contributed by atoms with Crippen LogP contribution in [0.15, 0.2) is 24.3 Å². The van der Waals surface area contributed by atoms with Crippen LogP contribution in [0.5, 0.6) is 0 Å². The molecule has 2 rings (SSSR count). The molecule has 0 saturated heterocycles. The molecule has 0 aliphatic rings. The van der Waals surface area contributed by atoms with Gasteiger partial charge in [0.25, 0.3) is 5.91 Å². The Bertz CT molecular complexity index is 762. The molecule has 0 bridgehead atoms. The van der Waals surface area contributed by atoms with E-state index in [-0.39, 0.29) is 11.9 Å². The zero-order chi connectivity index (χ0) is 17.9. The van der Waals surface area contributed by atoms with Gasteiger partial charge in [0.2, 0.25) is 0 Å². The van der Waals surface area contributed by atoms with Gasteiger partial charge in [0.1, 0.15) is 5.69 Å². The van der Waals surface area contributed by atoms with Crippen LogP contribution in [-0.2, 0) is 4.74 Å². The molecule has 1 heterocycles. The van der Waals surface area contributed by atoms with Gasteiger partial charge >= 0.3 is 5.97 Å². The topological polar surface area (TPSA) is 71.2 Å². The van der Waals surface area contributed by atoms with Crippen LogP contribution in [0.1, 0.15) is 63.1 Å². The van der Waals surface area contributed by atoms with Gasteiger partial charge in [-0.25, -0.2) is 4.79 Å². The van der Waals surface area contributed by atoms with Crippen molar-refractivity contribution in [2.24, 2.45) is 0 Å². The summed E-state index contributed by atoms with van der Waals surface area (Å²) in [7, 11) is 0. The first-order valence-corrected chi connectivity index (χ1v) is 8.09. The minimum atomic E-state index is -0.408. The van der Waals surface area contributed by atoms with E-state index in [1.165, 1.54) is 0 Å². The fraction of sp³-hybridized carbons (Fsp3) is 0.368. The predicted molar refractivity (Wildman–Crippen MR) is 93.3 cm³/mol. The number of aryl methyl sites for hydroxylation is 2. The molecule has 24 heavy (non-hydrogen) atoms. The minimum absolute atomic E-state index is 0.132. The van der Waals surface area contributed by atoms with Gasteiger partial charge in [0.05, 0.1) is 18.2 Å². The van der Waals surface area contributed by atoms with Gasteiger partial charge in [-0.15, -0.1) is 0 Å². The molecule has 0 aliphatic heterocycles. The van der Waals surface area contributed by atoms with E-state index in [4.69, 9.17) is 4.74 Å². The average Bonchev–Trinajstić information content (AvgIpc) is 2.82. The van der Waals surface area contributed by atoms with E-state index in [1.807, 2.05) is 38.1 Å². The number of amides is 1. The Morgan fingerprint density at radius 1 is 1.21 bits per heavy atom. The van der Waals surface area contributed by atoms with Crippen LogP contribution >= 0.6 is 0 Å². The van der Waals surface area contributed by atoms with Crippen LogP contribution in [0.3, 0.4) is 0 Å². The maximum absolute atomic E-state index is 12.6. The van der Waals surface area contributed by atoms with Crippen molar-refractivity contribution in [3.05, 3.63) is 57.9 Å². The Labute approximate surface area is 142 Å². The molecule has 2 N–H and O–H groups in total. The zero-order valence-electron chi connectivity index (χ0n) is 14.8. The summed E-state index contributed by atoms with van der Waals surface area (Å²) in [5, 5.41) is 2.98. The molecule has 1 aromatic heterocycles. The number of carbonyl (C=O) groups is 2. The fourth-order valence-electron chi connectivity index (χ4n) is 2.91. The minimum Gasteiger partial charge on any atom is -0.462 e. The second-order valence-corrected chi connectivity index (χ2v) is 5.90. The lowest BCUT2D eigenvalue weighted by molar-refractivity contribution is 0.0525. The molecule has 2 aromatic rings. The van der Waals surface area contributed by atoms with Crippen LogP contribution in [-0.4, -0.2) is 23.5 Å². The van der Waals surface area contributed by atoms with Crippen LogP contribution < -0.4 is 5.32 Å². The van der Waals surface area contributed by atoms with Crippen LogP contribution in [0.4, 0.5) is 0 Å². The van der Waals surface area contributed by atoms with Gasteiger partial charge in [0, 0.05) is 5.69 Å². The largest absolute Gasteiger partial charge is 0.462 e. The highest BCUT2D eigenvalue weighted by Crippen LogP contribution is 2.21. The summed E-state index contributed by atoms with van der Waals surface area (Å²) in [6.45, 7) is 9.53. The van der Waals surface area contributed by atoms with Gasteiger partial charge in [-0.2, -0.15) is 0 Å². The van der Waals surface area contributed by atoms with E-state index in [0.717, 1.165) is 11.1 Å². The number of aromatic nitrogens is 1. The van der Waals surface area contributed by atoms with Gasteiger partial charge in [-0.1, -0.05) is 24.3 Å². The number of aromatic amines is 1.